The first kappa shape index (κ1) is 9.76. The van der Waals surface area contributed by atoms with Crippen molar-refractivity contribution in [1.29, 1.82) is 0 Å². The van der Waals surface area contributed by atoms with Crippen molar-refractivity contribution in [3.8, 4) is 0 Å². The third kappa shape index (κ3) is 1.72. The minimum Gasteiger partial charge on any atom is -0.426 e. The molecule has 0 saturated carbocycles. The van der Waals surface area contributed by atoms with Crippen LogP contribution < -0.4 is 16.7 Å². The summed E-state index contributed by atoms with van der Waals surface area (Å²) in [4.78, 5) is 22.8. The molecule has 1 aliphatic rings. The zero-order valence-corrected chi connectivity index (χ0v) is 8.37. The Bertz CT molecular complexity index is 464. The van der Waals surface area contributed by atoms with Crippen LogP contribution in [0.25, 0.3) is 0 Å². The fraction of sp³-hybridized carbons (Fsp3) is 0.400. The van der Waals surface area contributed by atoms with Gasteiger partial charge in [0.05, 0.1) is 5.56 Å². The van der Waals surface area contributed by atoms with E-state index in [0.717, 1.165) is 0 Å². The molecular weight excluding hydrogens is 196 g/mol. The number of anilines is 1. The van der Waals surface area contributed by atoms with Crippen molar-refractivity contribution in [2.45, 2.75) is 13.3 Å². The van der Waals surface area contributed by atoms with E-state index in [0.29, 0.717) is 24.3 Å². The SMILES string of the molecule is CC1CNC(=O)c2cc(N)c(=O)oc2C1. The molecule has 0 aliphatic carbocycles. The molecule has 1 atom stereocenters. The molecular formula is C10H12N2O3. The number of carbonyl (C=O) groups excluding carboxylic acids is 1. The van der Waals surface area contributed by atoms with Crippen molar-refractivity contribution in [1.82, 2.24) is 5.32 Å². The molecule has 80 valence electrons. The largest absolute Gasteiger partial charge is 0.426 e. The van der Waals surface area contributed by atoms with E-state index < -0.39 is 5.63 Å². The Balaban J connectivity index is 2.58. The molecule has 1 unspecified atom stereocenters. The van der Waals surface area contributed by atoms with Crippen LogP contribution in [0, 0.1) is 5.92 Å². The number of carbonyl (C=O) groups is 1. The molecule has 0 saturated heterocycles. The lowest BCUT2D eigenvalue weighted by molar-refractivity contribution is 0.0951. The molecule has 1 aromatic rings. The highest BCUT2D eigenvalue weighted by Gasteiger charge is 2.22. The highest BCUT2D eigenvalue weighted by Crippen LogP contribution is 2.17. The molecule has 2 heterocycles. The quantitative estimate of drug-likeness (QED) is 0.635. The lowest BCUT2D eigenvalue weighted by atomic mass is 10.1. The van der Waals surface area contributed by atoms with Crippen molar-refractivity contribution >= 4 is 11.6 Å². The third-order valence-corrected chi connectivity index (χ3v) is 2.44. The van der Waals surface area contributed by atoms with E-state index in [1.807, 2.05) is 6.92 Å². The van der Waals surface area contributed by atoms with Crippen LogP contribution in [0.1, 0.15) is 23.0 Å². The van der Waals surface area contributed by atoms with Gasteiger partial charge in [-0.1, -0.05) is 6.92 Å². The van der Waals surface area contributed by atoms with Crippen LogP contribution in [0.4, 0.5) is 5.69 Å². The van der Waals surface area contributed by atoms with Gasteiger partial charge in [0.15, 0.2) is 0 Å². The fourth-order valence-corrected chi connectivity index (χ4v) is 1.62. The van der Waals surface area contributed by atoms with E-state index in [2.05, 4.69) is 5.32 Å². The van der Waals surface area contributed by atoms with Gasteiger partial charge in [0.25, 0.3) is 5.91 Å². The maximum atomic E-state index is 11.6. The second-order valence-corrected chi connectivity index (χ2v) is 3.85. The van der Waals surface area contributed by atoms with Gasteiger partial charge in [-0.05, 0) is 12.0 Å². The first-order chi connectivity index (χ1) is 7.08. The van der Waals surface area contributed by atoms with Gasteiger partial charge >= 0.3 is 5.63 Å². The van der Waals surface area contributed by atoms with Crippen LogP contribution in [0.15, 0.2) is 15.3 Å². The molecule has 15 heavy (non-hydrogen) atoms. The molecule has 1 aromatic heterocycles. The van der Waals surface area contributed by atoms with Crippen LogP contribution in [-0.2, 0) is 6.42 Å². The lowest BCUT2D eigenvalue weighted by Gasteiger charge is -2.05. The first-order valence-electron chi connectivity index (χ1n) is 4.78. The minimum absolute atomic E-state index is 0.0292. The van der Waals surface area contributed by atoms with Gasteiger partial charge in [0.2, 0.25) is 0 Å². The predicted octanol–water partition coefficient (Wildman–Crippen LogP) is 0.144. The zero-order valence-electron chi connectivity index (χ0n) is 8.37. The second kappa shape index (κ2) is 3.42. The molecule has 0 spiro atoms. The monoisotopic (exact) mass is 208 g/mol. The maximum absolute atomic E-state index is 11.6. The summed E-state index contributed by atoms with van der Waals surface area (Å²) in [5, 5.41) is 2.74. The van der Waals surface area contributed by atoms with Crippen molar-refractivity contribution in [3.63, 3.8) is 0 Å². The lowest BCUT2D eigenvalue weighted by Crippen LogP contribution is -2.26. The number of amides is 1. The van der Waals surface area contributed by atoms with Crippen LogP contribution in [0.2, 0.25) is 0 Å². The van der Waals surface area contributed by atoms with Crippen molar-refractivity contribution in [2.75, 3.05) is 12.3 Å². The molecule has 5 heteroatoms. The number of fused-ring (bicyclic) bond motifs is 1. The number of hydrogen-bond acceptors (Lipinski definition) is 4. The Hall–Kier alpha value is -1.78. The summed E-state index contributed by atoms with van der Waals surface area (Å²) in [6, 6.07) is 1.38. The van der Waals surface area contributed by atoms with Crippen LogP contribution >= 0.6 is 0 Å². The predicted molar refractivity (Wildman–Crippen MR) is 54.6 cm³/mol. The van der Waals surface area contributed by atoms with Gasteiger partial charge in [0.1, 0.15) is 11.4 Å². The van der Waals surface area contributed by atoms with E-state index >= 15 is 0 Å². The summed E-state index contributed by atoms with van der Waals surface area (Å²) in [7, 11) is 0. The van der Waals surface area contributed by atoms with Gasteiger partial charge < -0.3 is 15.5 Å². The molecule has 0 bridgehead atoms. The van der Waals surface area contributed by atoms with Crippen LogP contribution in [-0.4, -0.2) is 12.5 Å². The topological polar surface area (TPSA) is 85.3 Å². The summed E-state index contributed by atoms with van der Waals surface area (Å²) < 4.78 is 5.01. The zero-order chi connectivity index (χ0) is 11.0. The smallest absolute Gasteiger partial charge is 0.359 e. The molecule has 0 fully saturated rings. The van der Waals surface area contributed by atoms with E-state index in [4.69, 9.17) is 10.2 Å². The van der Waals surface area contributed by atoms with Crippen molar-refractivity contribution in [2.24, 2.45) is 5.92 Å². The first-order valence-corrected chi connectivity index (χ1v) is 4.78. The Kier molecular flexibility index (Phi) is 2.22. The van der Waals surface area contributed by atoms with Gasteiger partial charge in [0, 0.05) is 13.0 Å². The highest BCUT2D eigenvalue weighted by molar-refractivity contribution is 5.96. The fourth-order valence-electron chi connectivity index (χ4n) is 1.62. The van der Waals surface area contributed by atoms with E-state index in [1.165, 1.54) is 6.07 Å². The number of hydrogen-bond donors (Lipinski definition) is 2. The van der Waals surface area contributed by atoms with Gasteiger partial charge in [-0.2, -0.15) is 0 Å². The standard InChI is InChI=1S/C10H12N2O3/c1-5-2-8-6(9(13)12-4-5)3-7(11)10(14)15-8/h3,5H,2,4,11H2,1H3,(H,12,13). The molecule has 2 rings (SSSR count). The molecule has 0 aromatic carbocycles. The Morgan fingerprint density at radius 1 is 1.53 bits per heavy atom. The second-order valence-electron chi connectivity index (χ2n) is 3.85. The summed E-state index contributed by atoms with van der Waals surface area (Å²) >= 11 is 0. The van der Waals surface area contributed by atoms with Crippen molar-refractivity contribution < 1.29 is 9.21 Å². The van der Waals surface area contributed by atoms with Crippen LogP contribution in [0.5, 0.6) is 0 Å². The Morgan fingerprint density at radius 3 is 3.00 bits per heavy atom. The van der Waals surface area contributed by atoms with Crippen LogP contribution in [0.3, 0.4) is 0 Å². The number of nitrogen functional groups attached to an aromatic ring is 1. The molecule has 0 radical (unpaired) electrons. The Labute approximate surface area is 86.3 Å². The minimum atomic E-state index is -0.573. The Morgan fingerprint density at radius 2 is 2.27 bits per heavy atom. The molecule has 1 aliphatic heterocycles. The van der Waals surface area contributed by atoms with Crippen molar-refractivity contribution in [3.05, 3.63) is 27.8 Å². The highest BCUT2D eigenvalue weighted by atomic mass is 16.4. The van der Waals surface area contributed by atoms with E-state index in [-0.39, 0.29) is 17.5 Å². The maximum Gasteiger partial charge on any atom is 0.359 e. The van der Waals surface area contributed by atoms with Gasteiger partial charge in [-0.15, -0.1) is 0 Å². The molecule has 3 N–H and O–H groups in total. The summed E-state index contributed by atoms with van der Waals surface area (Å²) in [6.45, 7) is 2.56. The summed E-state index contributed by atoms with van der Waals surface area (Å²) in [6.07, 6.45) is 0.573. The summed E-state index contributed by atoms with van der Waals surface area (Å²) in [5.74, 6) is 0.448. The average molecular weight is 208 g/mol. The molecule has 1 amide bonds. The normalized spacial score (nSPS) is 20.3. The molecule has 5 nitrogen and oxygen atoms in total. The van der Waals surface area contributed by atoms with E-state index in [1.54, 1.807) is 0 Å². The third-order valence-electron chi connectivity index (χ3n) is 2.44. The number of nitrogens with one attached hydrogen (secondary N) is 1. The van der Waals surface area contributed by atoms with Gasteiger partial charge in [-0.25, -0.2) is 4.79 Å². The summed E-state index contributed by atoms with van der Waals surface area (Å²) in [5.41, 5.74) is 5.17. The number of nitrogens with two attached hydrogens (primary N) is 1. The average Bonchev–Trinajstić information content (AvgIpc) is 2.30. The van der Waals surface area contributed by atoms with E-state index in [9.17, 15) is 9.59 Å². The van der Waals surface area contributed by atoms with Gasteiger partial charge in [-0.3, -0.25) is 4.79 Å². The number of rotatable bonds is 0.